The maximum atomic E-state index is 11.9. The molecule has 2 aromatic rings. The van der Waals surface area contributed by atoms with Crippen LogP contribution in [0.25, 0.3) is 0 Å². The third-order valence-corrected chi connectivity index (χ3v) is 5.36. The Hall–Kier alpha value is -1.67. The lowest BCUT2D eigenvalue weighted by atomic mass is 9.95. The highest BCUT2D eigenvalue weighted by Gasteiger charge is 2.28. The van der Waals surface area contributed by atoms with Gasteiger partial charge >= 0.3 is 0 Å². The molecule has 1 aliphatic rings. The molecule has 8 heteroatoms. The van der Waals surface area contributed by atoms with Crippen molar-refractivity contribution < 1.29 is 8.42 Å². The molecule has 1 fully saturated rings. The lowest BCUT2D eigenvalue weighted by Gasteiger charge is -2.32. The van der Waals surface area contributed by atoms with Crippen LogP contribution in [0.5, 0.6) is 0 Å². The Bertz CT molecular complexity index is 749. The van der Waals surface area contributed by atoms with Crippen LogP contribution in [-0.2, 0) is 23.4 Å². The van der Waals surface area contributed by atoms with E-state index in [2.05, 4.69) is 20.1 Å². The van der Waals surface area contributed by atoms with Gasteiger partial charge in [-0.1, -0.05) is 0 Å². The average Bonchev–Trinajstić information content (AvgIpc) is 3.08. The number of sulfone groups is 1. The summed E-state index contributed by atoms with van der Waals surface area (Å²) < 4.78 is 25.7. The van der Waals surface area contributed by atoms with Crippen molar-refractivity contribution in [2.45, 2.75) is 30.2 Å². The van der Waals surface area contributed by atoms with Gasteiger partial charge in [0.05, 0.1) is 18.4 Å². The molecular formula is C14H21N5O2S. The van der Waals surface area contributed by atoms with Crippen molar-refractivity contribution in [3.8, 4) is 0 Å². The monoisotopic (exact) mass is 323 g/mol. The van der Waals surface area contributed by atoms with Gasteiger partial charge in [-0.15, -0.1) is 0 Å². The zero-order valence-electron chi connectivity index (χ0n) is 12.9. The number of imidazole rings is 1. The van der Waals surface area contributed by atoms with Gasteiger partial charge in [0, 0.05) is 38.2 Å². The molecule has 0 spiro atoms. The van der Waals surface area contributed by atoms with Gasteiger partial charge in [-0.2, -0.15) is 5.10 Å². The van der Waals surface area contributed by atoms with E-state index in [0.29, 0.717) is 4.90 Å². The third kappa shape index (κ3) is 3.07. The molecule has 120 valence electrons. The molecule has 1 atom stereocenters. The molecule has 0 saturated carbocycles. The first-order valence-electron chi connectivity index (χ1n) is 7.37. The van der Waals surface area contributed by atoms with E-state index in [0.717, 1.165) is 44.0 Å². The molecular weight excluding hydrogens is 302 g/mol. The Labute approximate surface area is 130 Å². The van der Waals surface area contributed by atoms with Gasteiger partial charge in [0.25, 0.3) is 0 Å². The third-order valence-electron chi connectivity index (χ3n) is 4.23. The quantitative estimate of drug-likeness (QED) is 0.905. The molecule has 7 nitrogen and oxygen atoms in total. The summed E-state index contributed by atoms with van der Waals surface area (Å²) in [6.45, 7) is 2.60. The van der Waals surface area contributed by atoms with E-state index in [-0.39, 0.29) is 5.92 Å². The number of aromatic amines is 1. The number of piperidine rings is 1. The van der Waals surface area contributed by atoms with Crippen molar-refractivity contribution in [1.29, 1.82) is 0 Å². The van der Waals surface area contributed by atoms with Gasteiger partial charge < -0.3 is 4.57 Å². The number of nitrogens with zero attached hydrogens (tertiary/aromatic N) is 4. The molecule has 1 saturated heterocycles. The fourth-order valence-electron chi connectivity index (χ4n) is 3.06. The minimum atomic E-state index is -3.24. The number of aromatic nitrogens is 4. The van der Waals surface area contributed by atoms with Crippen LogP contribution in [0.3, 0.4) is 0 Å². The average molecular weight is 323 g/mol. The van der Waals surface area contributed by atoms with Gasteiger partial charge in [-0.05, 0) is 19.4 Å². The number of H-pyrrole nitrogens is 1. The number of hydrogen-bond donors (Lipinski definition) is 1. The molecule has 3 heterocycles. The highest BCUT2D eigenvalue weighted by atomic mass is 32.2. The molecule has 0 aliphatic carbocycles. The van der Waals surface area contributed by atoms with E-state index in [4.69, 9.17) is 0 Å². The molecule has 0 amide bonds. The summed E-state index contributed by atoms with van der Waals surface area (Å²) in [5.41, 5.74) is 0.743. The molecule has 22 heavy (non-hydrogen) atoms. The van der Waals surface area contributed by atoms with Crippen LogP contribution < -0.4 is 0 Å². The van der Waals surface area contributed by atoms with Crippen LogP contribution in [0.2, 0.25) is 0 Å². The topological polar surface area (TPSA) is 83.9 Å². The van der Waals surface area contributed by atoms with Crippen molar-refractivity contribution >= 4 is 9.84 Å². The van der Waals surface area contributed by atoms with Crippen LogP contribution in [0, 0.1) is 0 Å². The first-order chi connectivity index (χ1) is 10.4. The van der Waals surface area contributed by atoms with Gasteiger partial charge in [-0.25, -0.2) is 13.4 Å². The largest absolute Gasteiger partial charge is 0.337 e. The van der Waals surface area contributed by atoms with Crippen LogP contribution in [0.15, 0.2) is 23.5 Å². The lowest BCUT2D eigenvalue weighted by Crippen LogP contribution is -2.35. The van der Waals surface area contributed by atoms with Crippen LogP contribution in [-0.4, -0.2) is 52.4 Å². The highest BCUT2D eigenvalue weighted by Crippen LogP contribution is 2.30. The Morgan fingerprint density at radius 3 is 2.95 bits per heavy atom. The lowest BCUT2D eigenvalue weighted by molar-refractivity contribution is 0.191. The summed E-state index contributed by atoms with van der Waals surface area (Å²) in [5.74, 6) is 1.19. The minimum absolute atomic E-state index is 0.168. The first-order valence-corrected chi connectivity index (χ1v) is 9.26. The van der Waals surface area contributed by atoms with E-state index in [1.54, 1.807) is 6.20 Å². The van der Waals surface area contributed by atoms with E-state index < -0.39 is 9.84 Å². The van der Waals surface area contributed by atoms with Crippen LogP contribution in [0.4, 0.5) is 0 Å². The zero-order valence-corrected chi connectivity index (χ0v) is 13.7. The summed E-state index contributed by atoms with van der Waals surface area (Å²) in [7, 11) is -1.26. The fourth-order valence-corrected chi connectivity index (χ4v) is 3.91. The number of nitrogens with one attached hydrogen (secondary N) is 1. The summed E-state index contributed by atoms with van der Waals surface area (Å²) in [6, 6.07) is 0. The second kappa shape index (κ2) is 5.85. The van der Waals surface area contributed by atoms with Crippen LogP contribution >= 0.6 is 0 Å². The maximum absolute atomic E-state index is 11.9. The minimum Gasteiger partial charge on any atom is -0.337 e. The predicted molar refractivity (Wildman–Crippen MR) is 82.2 cm³/mol. The van der Waals surface area contributed by atoms with Crippen molar-refractivity contribution in [1.82, 2.24) is 24.6 Å². The molecule has 1 N–H and O–H groups in total. The van der Waals surface area contributed by atoms with Crippen molar-refractivity contribution in [3.05, 3.63) is 30.1 Å². The van der Waals surface area contributed by atoms with Crippen LogP contribution in [0.1, 0.15) is 30.3 Å². The molecule has 0 bridgehead atoms. The Balaban J connectivity index is 1.76. The number of likely N-dealkylation sites (tertiary alicyclic amines) is 1. The van der Waals surface area contributed by atoms with Gasteiger partial charge in [0.1, 0.15) is 10.7 Å². The maximum Gasteiger partial charge on any atom is 0.178 e. The summed E-state index contributed by atoms with van der Waals surface area (Å²) in [4.78, 5) is 7.01. The van der Waals surface area contributed by atoms with Crippen molar-refractivity contribution in [2.24, 2.45) is 7.05 Å². The first kappa shape index (κ1) is 15.2. The van der Waals surface area contributed by atoms with Crippen molar-refractivity contribution in [2.75, 3.05) is 19.3 Å². The van der Waals surface area contributed by atoms with Crippen molar-refractivity contribution in [3.63, 3.8) is 0 Å². The SMILES string of the molecule is Cn1ccnc1CN1CCC[C@H](c2[nH]ncc2S(C)(=O)=O)C1. The second-order valence-electron chi connectivity index (χ2n) is 5.95. The standard InChI is InChI=1S/C14H21N5O2S/c1-18-7-5-15-13(18)10-19-6-3-4-11(9-19)14-12(8-16-17-14)22(2,20)21/h5,7-8,11H,3-4,6,9-10H2,1-2H3,(H,16,17)/t11-/m0/s1. The van der Waals surface area contributed by atoms with E-state index in [9.17, 15) is 8.42 Å². The van der Waals surface area contributed by atoms with Gasteiger partial charge in [0.2, 0.25) is 0 Å². The molecule has 3 rings (SSSR count). The molecule has 1 aliphatic heterocycles. The Morgan fingerprint density at radius 2 is 2.27 bits per heavy atom. The number of hydrogen-bond acceptors (Lipinski definition) is 5. The number of aryl methyl sites for hydroxylation is 1. The molecule has 0 aromatic carbocycles. The van der Waals surface area contributed by atoms with E-state index in [1.807, 2.05) is 17.8 Å². The normalized spacial score (nSPS) is 20.4. The summed E-state index contributed by atoms with van der Waals surface area (Å²) >= 11 is 0. The number of rotatable bonds is 4. The Kier molecular flexibility index (Phi) is 4.05. The van der Waals surface area contributed by atoms with E-state index >= 15 is 0 Å². The molecule has 0 unspecified atom stereocenters. The second-order valence-corrected chi connectivity index (χ2v) is 7.93. The smallest absolute Gasteiger partial charge is 0.178 e. The fraction of sp³-hybridized carbons (Fsp3) is 0.571. The van der Waals surface area contributed by atoms with Gasteiger partial charge in [-0.3, -0.25) is 10.00 Å². The molecule has 0 radical (unpaired) electrons. The predicted octanol–water partition coefficient (Wildman–Crippen LogP) is 0.926. The molecule has 2 aromatic heterocycles. The zero-order chi connectivity index (χ0) is 15.7. The Morgan fingerprint density at radius 1 is 1.45 bits per heavy atom. The summed E-state index contributed by atoms with van der Waals surface area (Å²) in [6.07, 6.45) is 8.40. The summed E-state index contributed by atoms with van der Waals surface area (Å²) in [5, 5.41) is 6.84. The van der Waals surface area contributed by atoms with E-state index in [1.165, 1.54) is 12.5 Å². The van der Waals surface area contributed by atoms with Gasteiger partial charge in [0.15, 0.2) is 9.84 Å². The highest BCUT2D eigenvalue weighted by molar-refractivity contribution is 7.90.